The van der Waals surface area contributed by atoms with E-state index in [1.54, 1.807) is 11.3 Å². The van der Waals surface area contributed by atoms with E-state index in [1.807, 2.05) is 10.9 Å². The molecule has 2 heterocycles. The summed E-state index contributed by atoms with van der Waals surface area (Å²) in [5.41, 5.74) is 1.22. The molecule has 19 heavy (non-hydrogen) atoms. The molecule has 0 spiro atoms. The zero-order chi connectivity index (χ0) is 13.8. The van der Waals surface area contributed by atoms with Gasteiger partial charge in [0.2, 0.25) is 0 Å². The zero-order valence-corrected chi connectivity index (χ0v) is 15.0. The van der Waals surface area contributed by atoms with Crippen molar-refractivity contribution in [2.45, 2.75) is 32.9 Å². The standard InChI is InChI=1S/C13H17Br2N3S/c1-3-5-18-8-9(7-17-18)12(16-4-2)11-6-10(14)13(15)19-11/h6-8,12,16H,3-5H2,1-2H3. The molecule has 0 aliphatic carbocycles. The number of hydrogen-bond donors (Lipinski definition) is 1. The molecule has 1 N–H and O–H groups in total. The van der Waals surface area contributed by atoms with Gasteiger partial charge in [-0.3, -0.25) is 4.68 Å². The van der Waals surface area contributed by atoms with Crippen LogP contribution in [0.15, 0.2) is 26.7 Å². The fourth-order valence-corrected chi connectivity index (χ4v) is 4.17. The molecule has 6 heteroatoms. The van der Waals surface area contributed by atoms with Gasteiger partial charge in [0, 0.05) is 27.7 Å². The molecule has 104 valence electrons. The van der Waals surface area contributed by atoms with Gasteiger partial charge >= 0.3 is 0 Å². The lowest BCUT2D eigenvalue weighted by atomic mass is 10.1. The molecule has 2 aromatic heterocycles. The molecule has 0 saturated carbocycles. The fraction of sp³-hybridized carbons (Fsp3) is 0.462. The number of aryl methyl sites for hydroxylation is 1. The Morgan fingerprint density at radius 2 is 2.21 bits per heavy atom. The molecule has 0 amide bonds. The Balaban J connectivity index is 2.27. The third-order valence-corrected chi connectivity index (χ3v) is 6.12. The Morgan fingerprint density at radius 1 is 1.42 bits per heavy atom. The van der Waals surface area contributed by atoms with E-state index in [2.05, 4.69) is 68.4 Å². The lowest BCUT2D eigenvalue weighted by Gasteiger charge is -2.14. The van der Waals surface area contributed by atoms with Gasteiger partial charge in [-0.05, 0) is 50.9 Å². The summed E-state index contributed by atoms with van der Waals surface area (Å²) in [6.07, 6.45) is 5.20. The molecule has 2 aromatic rings. The van der Waals surface area contributed by atoms with E-state index in [0.717, 1.165) is 27.8 Å². The van der Waals surface area contributed by atoms with Crippen molar-refractivity contribution in [3.8, 4) is 0 Å². The molecule has 1 unspecified atom stereocenters. The molecule has 0 aliphatic rings. The Labute approximate surface area is 134 Å². The molecule has 0 aliphatic heterocycles. The first-order valence-corrected chi connectivity index (χ1v) is 8.76. The molecular weight excluding hydrogens is 390 g/mol. The van der Waals surface area contributed by atoms with Crippen LogP contribution in [0.1, 0.15) is 36.8 Å². The van der Waals surface area contributed by atoms with Gasteiger partial charge in [-0.25, -0.2) is 0 Å². The Morgan fingerprint density at radius 3 is 2.79 bits per heavy atom. The Bertz CT molecular complexity index is 516. The number of thiophene rings is 1. The van der Waals surface area contributed by atoms with Gasteiger partial charge in [0.1, 0.15) is 0 Å². The zero-order valence-electron chi connectivity index (χ0n) is 11.0. The van der Waals surface area contributed by atoms with Crippen LogP contribution in [-0.4, -0.2) is 16.3 Å². The van der Waals surface area contributed by atoms with Crippen LogP contribution in [0.3, 0.4) is 0 Å². The summed E-state index contributed by atoms with van der Waals surface area (Å²) in [6.45, 7) is 6.19. The first-order chi connectivity index (χ1) is 9.15. The first kappa shape index (κ1) is 15.2. The molecule has 0 fully saturated rings. The third-order valence-electron chi connectivity index (χ3n) is 2.80. The smallest absolute Gasteiger partial charge is 0.0843 e. The van der Waals surface area contributed by atoms with Gasteiger partial charge in [-0.1, -0.05) is 13.8 Å². The summed E-state index contributed by atoms with van der Waals surface area (Å²) in [4.78, 5) is 1.29. The van der Waals surface area contributed by atoms with Gasteiger partial charge < -0.3 is 5.32 Å². The summed E-state index contributed by atoms with van der Waals surface area (Å²) >= 11 is 8.86. The quantitative estimate of drug-likeness (QED) is 0.760. The van der Waals surface area contributed by atoms with Crippen LogP contribution in [0.25, 0.3) is 0 Å². The maximum Gasteiger partial charge on any atom is 0.0843 e. The average molecular weight is 407 g/mol. The molecule has 0 bridgehead atoms. The van der Waals surface area contributed by atoms with Crippen LogP contribution in [0, 0.1) is 0 Å². The summed E-state index contributed by atoms with van der Waals surface area (Å²) in [5.74, 6) is 0. The van der Waals surface area contributed by atoms with E-state index in [1.165, 1.54) is 10.4 Å². The van der Waals surface area contributed by atoms with E-state index < -0.39 is 0 Å². The van der Waals surface area contributed by atoms with Gasteiger partial charge in [0.25, 0.3) is 0 Å². The predicted octanol–water partition coefficient (Wildman–Crippen LogP) is 4.58. The summed E-state index contributed by atoms with van der Waals surface area (Å²) in [6, 6.07) is 2.38. The van der Waals surface area contributed by atoms with Gasteiger partial charge in [-0.15, -0.1) is 11.3 Å². The Kier molecular flexibility index (Phi) is 5.62. The minimum absolute atomic E-state index is 0.211. The second-order valence-electron chi connectivity index (χ2n) is 4.30. The SMILES string of the molecule is CCCn1cc(C(NCC)c2cc(Br)c(Br)s2)cn1. The summed E-state index contributed by atoms with van der Waals surface area (Å²) in [7, 11) is 0. The minimum Gasteiger partial charge on any atom is -0.306 e. The molecule has 3 nitrogen and oxygen atoms in total. The van der Waals surface area contributed by atoms with E-state index in [4.69, 9.17) is 0 Å². The monoisotopic (exact) mass is 405 g/mol. The van der Waals surface area contributed by atoms with Crippen molar-refractivity contribution in [3.63, 3.8) is 0 Å². The second kappa shape index (κ2) is 7.02. The lowest BCUT2D eigenvalue weighted by molar-refractivity contribution is 0.598. The van der Waals surface area contributed by atoms with Gasteiger partial charge in [0.15, 0.2) is 0 Å². The molecule has 0 aromatic carbocycles. The van der Waals surface area contributed by atoms with Crippen LogP contribution in [-0.2, 0) is 6.54 Å². The highest BCUT2D eigenvalue weighted by Gasteiger charge is 2.18. The molecule has 0 radical (unpaired) electrons. The van der Waals surface area contributed by atoms with Crippen molar-refractivity contribution >= 4 is 43.2 Å². The van der Waals surface area contributed by atoms with Gasteiger partial charge in [0.05, 0.1) is 16.0 Å². The third kappa shape index (κ3) is 3.68. The van der Waals surface area contributed by atoms with Crippen molar-refractivity contribution < 1.29 is 0 Å². The van der Waals surface area contributed by atoms with Crippen LogP contribution in [0.4, 0.5) is 0 Å². The predicted molar refractivity (Wildman–Crippen MR) is 87.8 cm³/mol. The molecular formula is C13H17Br2N3S. The van der Waals surface area contributed by atoms with Crippen molar-refractivity contribution in [3.05, 3.63) is 37.2 Å². The summed E-state index contributed by atoms with van der Waals surface area (Å²) < 4.78 is 4.25. The molecule has 0 saturated heterocycles. The highest BCUT2D eigenvalue weighted by Crippen LogP contribution is 2.37. The van der Waals surface area contributed by atoms with Crippen LogP contribution in [0.5, 0.6) is 0 Å². The van der Waals surface area contributed by atoms with E-state index >= 15 is 0 Å². The molecule has 1 atom stereocenters. The van der Waals surface area contributed by atoms with Crippen molar-refractivity contribution in [1.82, 2.24) is 15.1 Å². The second-order valence-corrected chi connectivity index (χ2v) is 7.55. The van der Waals surface area contributed by atoms with Crippen LogP contribution < -0.4 is 5.32 Å². The lowest BCUT2D eigenvalue weighted by Crippen LogP contribution is -2.20. The highest BCUT2D eigenvalue weighted by atomic mass is 79.9. The summed E-state index contributed by atoms with van der Waals surface area (Å²) in [5, 5.41) is 7.95. The van der Waals surface area contributed by atoms with Gasteiger partial charge in [-0.2, -0.15) is 5.10 Å². The van der Waals surface area contributed by atoms with Crippen LogP contribution in [0.2, 0.25) is 0 Å². The number of aromatic nitrogens is 2. The van der Waals surface area contributed by atoms with Crippen molar-refractivity contribution in [2.75, 3.05) is 6.54 Å². The van der Waals surface area contributed by atoms with E-state index in [-0.39, 0.29) is 6.04 Å². The fourth-order valence-electron chi connectivity index (χ4n) is 1.97. The maximum absolute atomic E-state index is 4.42. The van der Waals surface area contributed by atoms with E-state index in [0.29, 0.717) is 0 Å². The number of halogens is 2. The minimum atomic E-state index is 0.211. The number of nitrogens with zero attached hydrogens (tertiary/aromatic N) is 2. The Hall–Kier alpha value is -0.170. The first-order valence-electron chi connectivity index (χ1n) is 6.36. The number of hydrogen-bond acceptors (Lipinski definition) is 3. The topological polar surface area (TPSA) is 29.9 Å². The number of nitrogens with one attached hydrogen (secondary N) is 1. The normalized spacial score (nSPS) is 12.8. The van der Waals surface area contributed by atoms with Crippen molar-refractivity contribution in [2.24, 2.45) is 0 Å². The van der Waals surface area contributed by atoms with Crippen LogP contribution >= 0.6 is 43.2 Å². The average Bonchev–Trinajstić information content (AvgIpc) is 2.95. The largest absolute Gasteiger partial charge is 0.306 e. The number of rotatable bonds is 6. The maximum atomic E-state index is 4.42. The highest BCUT2D eigenvalue weighted by molar-refractivity contribution is 9.13. The van der Waals surface area contributed by atoms with E-state index in [9.17, 15) is 0 Å². The van der Waals surface area contributed by atoms with Crippen molar-refractivity contribution in [1.29, 1.82) is 0 Å². The molecule has 2 rings (SSSR count).